The van der Waals surface area contributed by atoms with E-state index in [-0.39, 0.29) is 0 Å². The van der Waals surface area contributed by atoms with Crippen molar-refractivity contribution >= 4 is 21.4 Å². The van der Waals surface area contributed by atoms with Gasteiger partial charge in [-0.1, -0.05) is 18.2 Å². The highest BCUT2D eigenvalue weighted by Gasteiger charge is 2.06. The van der Waals surface area contributed by atoms with Crippen LogP contribution in [0.2, 0.25) is 0 Å². The molecule has 0 aliphatic heterocycles. The van der Waals surface area contributed by atoms with Crippen molar-refractivity contribution in [2.24, 2.45) is 0 Å². The molecule has 0 amide bonds. The number of likely N-dealkylation sites (N-methyl/N-ethyl adjacent to an activating group) is 1. The molecule has 0 aliphatic rings. The second-order valence-electron chi connectivity index (χ2n) is 4.85. The quantitative estimate of drug-likeness (QED) is 0.772. The van der Waals surface area contributed by atoms with Gasteiger partial charge in [-0.05, 0) is 41.4 Å². The molecule has 19 heavy (non-hydrogen) atoms. The van der Waals surface area contributed by atoms with Crippen molar-refractivity contribution in [1.29, 1.82) is 0 Å². The molecule has 0 spiro atoms. The van der Waals surface area contributed by atoms with Crippen LogP contribution in [0.25, 0.3) is 10.1 Å². The van der Waals surface area contributed by atoms with Gasteiger partial charge in [0.1, 0.15) is 0 Å². The number of fused-ring (bicyclic) bond motifs is 1. The molecule has 0 radical (unpaired) electrons. The van der Waals surface area contributed by atoms with Gasteiger partial charge in [-0.15, -0.1) is 11.3 Å². The van der Waals surface area contributed by atoms with E-state index >= 15 is 0 Å². The number of benzene rings is 1. The summed E-state index contributed by atoms with van der Waals surface area (Å²) in [6.45, 7) is 2.05. The number of nitrogens with zero attached hydrogens (tertiary/aromatic N) is 2. The molecular weight excluding hydrogens is 254 g/mol. The van der Waals surface area contributed by atoms with E-state index in [1.807, 2.05) is 23.7 Å². The largest absolute Gasteiger partial charge is 0.302 e. The van der Waals surface area contributed by atoms with Crippen LogP contribution in [0.15, 0.2) is 42.0 Å². The van der Waals surface area contributed by atoms with Crippen LogP contribution in [0.3, 0.4) is 0 Å². The van der Waals surface area contributed by atoms with E-state index in [4.69, 9.17) is 0 Å². The van der Waals surface area contributed by atoms with Crippen molar-refractivity contribution < 1.29 is 0 Å². The monoisotopic (exact) mass is 271 g/mol. The fraction of sp³-hybridized carbons (Fsp3) is 0.267. The van der Waals surface area contributed by atoms with Crippen LogP contribution in [0, 0.1) is 0 Å². The zero-order chi connectivity index (χ0) is 13.1. The zero-order valence-electron chi connectivity index (χ0n) is 11.0. The Hall–Kier alpha value is -1.65. The lowest BCUT2D eigenvalue weighted by Gasteiger charge is -2.15. The molecule has 0 saturated heterocycles. The number of hydrogen-bond acceptors (Lipinski definition) is 3. The minimum Gasteiger partial charge on any atom is -0.302 e. The minimum atomic E-state index is 1.00. The van der Waals surface area contributed by atoms with E-state index in [9.17, 15) is 0 Å². The zero-order valence-corrected chi connectivity index (χ0v) is 11.8. The summed E-state index contributed by atoms with van der Waals surface area (Å²) in [5.41, 5.74) is 2.69. The van der Waals surface area contributed by atoms with Crippen LogP contribution >= 0.6 is 11.3 Å². The predicted octanol–water partition coefficient (Wildman–Crippen LogP) is 3.30. The van der Waals surface area contributed by atoms with Gasteiger partial charge in [-0.2, -0.15) is 5.10 Å². The van der Waals surface area contributed by atoms with Crippen molar-refractivity contribution in [1.82, 2.24) is 15.1 Å². The van der Waals surface area contributed by atoms with Crippen LogP contribution in [-0.2, 0) is 13.0 Å². The van der Waals surface area contributed by atoms with E-state index in [1.165, 1.54) is 21.2 Å². The third-order valence-electron chi connectivity index (χ3n) is 3.34. The molecule has 3 aromatic rings. The van der Waals surface area contributed by atoms with Crippen molar-refractivity contribution in [3.8, 4) is 0 Å². The first-order valence-electron chi connectivity index (χ1n) is 6.44. The lowest BCUT2D eigenvalue weighted by Crippen LogP contribution is -2.20. The summed E-state index contributed by atoms with van der Waals surface area (Å²) in [5, 5.41) is 10.5. The lowest BCUT2D eigenvalue weighted by atomic mass is 10.1. The fourth-order valence-electron chi connectivity index (χ4n) is 2.26. The Kier molecular flexibility index (Phi) is 3.62. The Labute approximate surface area is 116 Å². The van der Waals surface area contributed by atoms with Crippen LogP contribution < -0.4 is 0 Å². The molecule has 0 bridgehead atoms. The number of H-pyrrole nitrogens is 1. The summed E-state index contributed by atoms with van der Waals surface area (Å²) in [4.78, 5) is 2.36. The van der Waals surface area contributed by atoms with Gasteiger partial charge in [0.25, 0.3) is 0 Å². The van der Waals surface area contributed by atoms with Crippen molar-refractivity contribution in [3.05, 3.63) is 53.2 Å². The topological polar surface area (TPSA) is 31.9 Å². The van der Waals surface area contributed by atoms with Gasteiger partial charge in [-0.3, -0.25) is 5.10 Å². The van der Waals surface area contributed by atoms with Crippen LogP contribution in [0.1, 0.15) is 11.1 Å². The molecule has 3 nitrogen and oxygen atoms in total. The second kappa shape index (κ2) is 5.55. The van der Waals surface area contributed by atoms with E-state index < -0.39 is 0 Å². The summed E-state index contributed by atoms with van der Waals surface area (Å²) in [5.74, 6) is 0. The average molecular weight is 271 g/mol. The average Bonchev–Trinajstić information content (AvgIpc) is 3.07. The molecule has 2 heterocycles. The standard InChI is InChI=1S/C15H17N3S/c1-18(7-6-12-8-16-17-9-12)10-13-11-19-15-5-3-2-4-14(13)15/h2-5,8-9,11H,6-7,10H2,1H3,(H,16,17). The molecule has 1 N–H and O–H groups in total. The minimum absolute atomic E-state index is 1.00. The maximum absolute atomic E-state index is 3.97. The third kappa shape index (κ3) is 2.85. The lowest BCUT2D eigenvalue weighted by molar-refractivity contribution is 0.333. The Morgan fingerprint density at radius 2 is 2.21 bits per heavy atom. The summed E-state index contributed by atoms with van der Waals surface area (Å²) in [6, 6.07) is 8.62. The van der Waals surface area contributed by atoms with E-state index in [1.54, 1.807) is 0 Å². The maximum atomic E-state index is 3.97. The van der Waals surface area contributed by atoms with E-state index in [0.717, 1.165) is 19.5 Å². The molecular formula is C15H17N3S. The molecule has 1 aromatic carbocycles. The molecule has 0 atom stereocenters. The number of thiophene rings is 1. The molecule has 98 valence electrons. The second-order valence-corrected chi connectivity index (χ2v) is 5.76. The molecule has 0 unspecified atom stereocenters. The number of aromatic nitrogens is 2. The van der Waals surface area contributed by atoms with Crippen LogP contribution in [0.4, 0.5) is 0 Å². The molecule has 3 rings (SSSR count). The third-order valence-corrected chi connectivity index (χ3v) is 4.35. The van der Waals surface area contributed by atoms with Crippen molar-refractivity contribution in [3.63, 3.8) is 0 Å². The SMILES string of the molecule is CN(CCc1cn[nH]c1)Cc1csc2ccccc12. The van der Waals surface area contributed by atoms with E-state index in [0.29, 0.717) is 0 Å². The van der Waals surface area contributed by atoms with Crippen LogP contribution in [0.5, 0.6) is 0 Å². The van der Waals surface area contributed by atoms with Gasteiger partial charge < -0.3 is 4.90 Å². The summed E-state index contributed by atoms with van der Waals surface area (Å²) >= 11 is 1.83. The number of hydrogen-bond donors (Lipinski definition) is 1. The first-order chi connectivity index (χ1) is 9.33. The Balaban J connectivity index is 1.64. The molecule has 4 heteroatoms. The van der Waals surface area contributed by atoms with Gasteiger partial charge in [0.15, 0.2) is 0 Å². The Morgan fingerprint density at radius 1 is 1.32 bits per heavy atom. The van der Waals surface area contributed by atoms with E-state index in [2.05, 4.69) is 51.8 Å². The number of rotatable bonds is 5. The summed E-state index contributed by atoms with van der Waals surface area (Å²) in [6.07, 6.45) is 4.90. The fourth-order valence-corrected chi connectivity index (χ4v) is 3.21. The van der Waals surface area contributed by atoms with Gasteiger partial charge in [0.2, 0.25) is 0 Å². The Bertz CT molecular complexity index is 642. The molecule has 0 saturated carbocycles. The molecule has 0 aliphatic carbocycles. The van der Waals surface area contributed by atoms with Crippen LogP contribution in [-0.4, -0.2) is 28.7 Å². The van der Waals surface area contributed by atoms with Gasteiger partial charge in [-0.25, -0.2) is 0 Å². The predicted molar refractivity (Wildman–Crippen MR) is 80.5 cm³/mol. The highest BCUT2D eigenvalue weighted by Crippen LogP contribution is 2.26. The summed E-state index contributed by atoms with van der Waals surface area (Å²) in [7, 11) is 2.17. The molecule has 0 fully saturated rings. The molecule has 2 aromatic heterocycles. The summed E-state index contributed by atoms with van der Waals surface area (Å²) < 4.78 is 1.38. The highest BCUT2D eigenvalue weighted by atomic mass is 32.1. The maximum Gasteiger partial charge on any atom is 0.0519 e. The smallest absolute Gasteiger partial charge is 0.0519 e. The number of aromatic amines is 1. The first kappa shape index (κ1) is 12.4. The van der Waals surface area contributed by atoms with Gasteiger partial charge in [0.05, 0.1) is 6.20 Å². The Morgan fingerprint density at radius 3 is 3.05 bits per heavy atom. The highest BCUT2D eigenvalue weighted by molar-refractivity contribution is 7.17. The normalized spacial score (nSPS) is 11.5. The number of nitrogens with one attached hydrogen (secondary N) is 1. The van der Waals surface area contributed by atoms with Gasteiger partial charge in [0, 0.05) is 24.0 Å². The van der Waals surface area contributed by atoms with Crippen molar-refractivity contribution in [2.75, 3.05) is 13.6 Å². The first-order valence-corrected chi connectivity index (χ1v) is 7.32. The van der Waals surface area contributed by atoms with Gasteiger partial charge >= 0.3 is 0 Å². The van der Waals surface area contributed by atoms with Crippen molar-refractivity contribution in [2.45, 2.75) is 13.0 Å².